The van der Waals surface area contributed by atoms with E-state index in [-0.39, 0.29) is 31.4 Å². The highest BCUT2D eigenvalue weighted by atomic mass is 16.6. The highest BCUT2D eigenvalue weighted by Crippen LogP contribution is 2.46. The summed E-state index contributed by atoms with van der Waals surface area (Å²) in [6.07, 6.45) is 6.09. The van der Waals surface area contributed by atoms with Crippen molar-refractivity contribution < 1.29 is 29.1 Å². The molecule has 3 N–H and O–H groups in total. The van der Waals surface area contributed by atoms with Gasteiger partial charge in [0, 0.05) is 31.1 Å². The van der Waals surface area contributed by atoms with Gasteiger partial charge in [0.15, 0.2) is 0 Å². The van der Waals surface area contributed by atoms with Crippen LogP contribution in [0, 0.1) is 11.3 Å². The smallest absolute Gasteiger partial charge is 0.447 e. The minimum atomic E-state index is -1.73. The van der Waals surface area contributed by atoms with Crippen LogP contribution in [0.5, 0.6) is 0 Å². The molecule has 0 aromatic heterocycles. The van der Waals surface area contributed by atoms with E-state index in [1.54, 1.807) is 4.90 Å². The second-order valence-electron chi connectivity index (χ2n) is 12.2. The predicted octanol–water partition coefficient (Wildman–Crippen LogP) is 2.42. The molecular formula is C29H43BN4O6. The van der Waals surface area contributed by atoms with E-state index in [0.717, 1.165) is 44.3 Å². The van der Waals surface area contributed by atoms with E-state index in [9.17, 15) is 19.6 Å². The molecule has 3 unspecified atom stereocenters. The Hall–Kier alpha value is -2.65. The Bertz CT molecular complexity index is 1040. The molecule has 5 aliphatic rings. The third-order valence-electron chi connectivity index (χ3n) is 9.17. The maximum absolute atomic E-state index is 12.3. The van der Waals surface area contributed by atoms with Gasteiger partial charge in [-0.25, -0.2) is 4.79 Å². The largest absolute Gasteiger partial charge is 0.475 e. The molecule has 0 aliphatic carbocycles. The molecule has 40 heavy (non-hydrogen) atoms. The molecule has 11 heteroatoms. The Labute approximate surface area is 237 Å². The Balaban J connectivity index is 0.000000255. The first-order valence-corrected chi connectivity index (χ1v) is 14.5. The van der Waals surface area contributed by atoms with Crippen LogP contribution in [0.2, 0.25) is 0 Å². The standard InChI is InChI=1S/C19H24BN3O5.C10H19NO/c21-11-8-17(24)23-15-6-9-19(23,10-7-15)13-28-18(25)22-16(20(26)27)12-14-4-2-1-3-5-14;1-4-10(2,3)11-6-8-5-9(7-11)12-8/h1-5,15-16,26-27H,6-10,12-13H2,(H,22,25);8-9H,4-7H2,1-3H3. The molecule has 6 rings (SSSR count). The van der Waals surface area contributed by atoms with E-state index in [2.05, 4.69) is 31.0 Å². The number of piperidine rings is 1. The lowest BCUT2D eigenvalue weighted by atomic mass is 9.76. The molecule has 218 valence electrons. The van der Waals surface area contributed by atoms with E-state index in [4.69, 9.17) is 14.7 Å². The number of ether oxygens (including phenoxy) is 2. The SMILES string of the molecule is CCC(C)(C)N1CC2CC(C1)O2.N#CCC(=O)N1C2CCC1(COC(=O)NC(Cc1ccccc1)B(O)O)CC2. The zero-order chi connectivity index (χ0) is 28.9. The highest BCUT2D eigenvalue weighted by Gasteiger charge is 2.54. The zero-order valence-corrected chi connectivity index (χ0v) is 23.9. The normalized spacial score (nSPS) is 27.5. The minimum absolute atomic E-state index is 0.0338. The minimum Gasteiger partial charge on any atom is -0.447 e. The van der Waals surface area contributed by atoms with Crippen LogP contribution >= 0.6 is 0 Å². The quantitative estimate of drug-likeness (QED) is 0.396. The molecule has 0 saturated carbocycles. The second kappa shape index (κ2) is 12.9. The first-order chi connectivity index (χ1) is 19.1. The molecule has 5 aliphatic heterocycles. The number of carbonyl (C=O) groups is 2. The van der Waals surface area contributed by atoms with Crippen LogP contribution < -0.4 is 5.32 Å². The van der Waals surface area contributed by atoms with Crippen molar-refractivity contribution in [3.05, 3.63) is 35.9 Å². The fraction of sp³-hybridized carbons (Fsp3) is 0.690. The van der Waals surface area contributed by atoms with Crippen LogP contribution in [0.4, 0.5) is 4.79 Å². The van der Waals surface area contributed by atoms with Crippen molar-refractivity contribution in [2.75, 3.05) is 19.7 Å². The van der Waals surface area contributed by atoms with E-state index in [1.807, 2.05) is 36.4 Å². The van der Waals surface area contributed by atoms with Crippen molar-refractivity contribution in [3.63, 3.8) is 0 Å². The Morgan fingerprint density at radius 3 is 2.40 bits per heavy atom. The molecule has 5 saturated heterocycles. The van der Waals surface area contributed by atoms with Crippen molar-refractivity contribution in [2.24, 2.45) is 0 Å². The number of amides is 2. The highest BCUT2D eigenvalue weighted by molar-refractivity contribution is 6.43. The van der Waals surface area contributed by atoms with Crippen LogP contribution in [-0.4, -0.2) is 93.9 Å². The van der Waals surface area contributed by atoms with Gasteiger partial charge in [-0.1, -0.05) is 37.3 Å². The average Bonchev–Trinajstić information content (AvgIpc) is 3.48. The van der Waals surface area contributed by atoms with Gasteiger partial charge in [0.05, 0.1) is 29.8 Å². The van der Waals surface area contributed by atoms with Crippen LogP contribution in [0.15, 0.2) is 30.3 Å². The number of nitrogens with one attached hydrogen (secondary N) is 1. The van der Waals surface area contributed by atoms with E-state index in [0.29, 0.717) is 17.7 Å². The van der Waals surface area contributed by atoms with Gasteiger partial charge in [0.1, 0.15) is 13.0 Å². The summed E-state index contributed by atoms with van der Waals surface area (Å²) in [5.41, 5.74) is 0.672. The number of alkyl carbamates (subject to hydrolysis) is 1. The fourth-order valence-electron chi connectivity index (χ4n) is 6.43. The Morgan fingerprint density at radius 2 is 1.85 bits per heavy atom. The number of carbonyl (C=O) groups excluding carboxylic acids is 2. The van der Waals surface area contributed by atoms with E-state index < -0.39 is 24.7 Å². The van der Waals surface area contributed by atoms with Gasteiger partial charge in [-0.15, -0.1) is 0 Å². The van der Waals surface area contributed by atoms with E-state index in [1.165, 1.54) is 12.8 Å². The van der Waals surface area contributed by atoms with Crippen LogP contribution in [0.3, 0.4) is 0 Å². The number of nitrogens with zero attached hydrogens (tertiary/aromatic N) is 3. The lowest BCUT2D eigenvalue weighted by molar-refractivity contribution is -0.197. The summed E-state index contributed by atoms with van der Waals surface area (Å²) in [6, 6.07) is 11.2. The molecule has 1 aromatic rings. The van der Waals surface area contributed by atoms with Gasteiger partial charge in [0.25, 0.3) is 0 Å². The zero-order valence-electron chi connectivity index (χ0n) is 23.9. The number of rotatable bonds is 9. The molecule has 3 atom stereocenters. The van der Waals surface area contributed by atoms with Gasteiger partial charge in [-0.05, 0) is 57.9 Å². The van der Waals surface area contributed by atoms with Gasteiger partial charge in [-0.2, -0.15) is 5.26 Å². The maximum Gasteiger partial charge on any atom is 0.475 e. The van der Waals surface area contributed by atoms with E-state index >= 15 is 0 Å². The monoisotopic (exact) mass is 554 g/mol. The predicted molar refractivity (Wildman–Crippen MR) is 150 cm³/mol. The summed E-state index contributed by atoms with van der Waals surface area (Å²) in [4.78, 5) is 28.9. The van der Waals surface area contributed by atoms with Gasteiger partial charge in [-0.3, -0.25) is 9.69 Å². The summed E-state index contributed by atoms with van der Waals surface area (Å²) in [6.45, 7) is 9.26. The summed E-state index contributed by atoms with van der Waals surface area (Å²) in [5.74, 6) is -1.14. The van der Waals surface area contributed by atoms with Crippen LogP contribution in [-0.2, 0) is 20.7 Å². The molecule has 4 bridgehead atoms. The third-order valence-corrected chi connectivity index (χ3v) is 9.17. The second-order valence-corrected chi connectivity index (χ2v) is 12.2. The number of hydrogen-bond acceptors (Lipinski definition) is 8. The van der Waals surface area contributed by atoms with Crippen molar-refractivity contribution in [3.8, 4) is 6.07 Å². The molecule has 5 heterocycles. The molecule has 0 spiro atoms. The van der Waals surface area contributed by atoms with Crippen LogP contribution in [0.25, 0.3) is 0 Å². The molecular weight excluding hydrogens is 511 g/mol. The molecule has 2 amide bonds. The number of morpholine rings is 1. The number of benzene rings is 1. The molecule has 1 aromatic carbocycles. The lowest BCUT2D eigenvalue weighted by Gasteiger charge is -2.52. The number of nitriles is 1. The van der Waals surface area contributed by atoms with Crippen molar-refractivity contribution in [1.82, 2.24) is 15.1 Å². The summed E-state index contributed by atoms with van der Waals surface area (Å²) >= 11 is 0. The molecule has 10 nitrogen and oxygen atoms in total. The van der Waals surface area contributed by atoms with Crippen molar-refractivity contribution in [2.45, 2.75) is 107 Å². The maximum atomic E-state index is 12.3. The summed E-state index contributed by atoms with van der Waals surface area (Å²) < 4.78 is 11.0. The fourth-order valence-corrected chi connectivity index (χ4v) is 6.43. The molecule has 0 radical (unpaired) electrons. The van der Waals surface area contributed by atoms with Crippen LogP contribution in [0.1, 0.15) is 71.3 Å². The number of hydrogen-bond donors (Lipinski definition) is 3. The van der Waals surface area contributed by atoms with Gasteiger partial charge in [0.2, 0.25) is 5.91 Å². The van der Waals surface area contributed by atoms with Gasteiger partial charge >= 0.3 is 13.2 Å². The lowest BCUT2D eigenvalue weighted by Crippen LogP contribution is -2.62. The Morgan fingerprint density at radius 1 is 1.23 bits per heavy atom. The third kappa shape index (κ3) is 6.97. The average molecular weight is 554 g/mol. The topological polar surface area (TPSA) is 135 Å². The first-order valence-electron chi connectivity index (χ1n) is 14.5. The first kappa shape index (κ1) is 30.3. The summed E-state index contributed by atoms with van der Waals surface area (Å²) in [5, 5.41) is 30.5. The number of fused-ring (bicyclic) bond motifs is 4. The Kier molecular flexibility index (Phi) is 9.78. The van der Waals surface area contributed by atoms with Crippen molar-refractivity contribution >= 4 is 19.1 Å². The van der Waals surface area contributed by atoms with Gasteiger partial charge < -0.3 is 29.7 Å². The summed E-state index contributed by atoms with van der Waals surface area (Å²) in [7, 11) is -1.73. The van der Waals surface area contributed by atoms with Crippen molar-refractivity contribution in [1.29, 1.82) is 5.26 Å². The molecule has 5 fully saturated rings.